The van der Waals surface area contributed by atoms with Crippen LogP contribution < -0.4 is 11.2 Å². The van der Waals surface area contributed by atoms with Crippen LogP contribution in [-0.2, 0) is 18.9 Å². The van der Waals surface area contributed by atoms with Crippen molar-refractivity contribution in [2.45, 2.75) is 31.5 Å². The highest BCUT2D eigenvalue weighted by molar-refractivity contribution is 5.03. The van der Waals surface area contributed by atoms with Crippen LogP contribution in [0.3, 0.4) is 0 Å². The van der Waals surface area contributed by atoms with Crippen LogP contribution >= 0.6 is 0 Å². The van der Waals surface area contributed by atoms with E-state index in [9.17, 15) is 14.7 Å². The second kappa shape index (κ2) is 7.84. The molecule has 0 spiro atoms. The van der Waals surface area contributed by atoms with Crippen molar-refractivity contribution in [1.29, 1.82) is 0 Å². The summed E-state index contributed by atoms with van der Waals surface area (Å²) in [6, 6.07) is 0. The number of aryl methyl sites for hydroxylation is 1. The average molecular weight is 330 g/mol. The Morgan fingerprint density at radius 1 is 1.30 bits per heavy atom. The Morgan fingerprint density at radius 2 is 2.04 bits per heavy atom. The first-order valence-corrected chi connectivity index (χ1v) is 7.25. The van der Waals surface area contributed by atoms with E-state index in [1.54, 1.807) is 14.0 Å². The molecule has 1 aliphatic heterocycles. The van der Waals surface area contributed by atoms with Gasteiger partial charge in [0.25, 0.3) is 5.56 Å². The molecule has 1 unspecified atom stereocenters. The number of hydrogen-bond acceptors (Lipinski definition) is 7. The number of aromatic amines is 1. The van der Waals surface area contributed by atoms with E-state index in [4.69, 9.17) is 18.9 Å². The molecule has 1 aromatic rings. The fourth-order valence-corrected chi connectivity index (χ4v) is 2.58. The maximum absolute atomic E-state index is 12.1. The first-order chi connectivity index (χ1) is 11.0. The molecule has 0 aromatic carbocycles. The number of nitrogens with one attached hydrogen (secondary N) is 1. The maximum Gasteiger partial charge on any atom is 0.330 e. The molecule has 1 aromatic heterocycles. The topological polar surface area (TPSA) is 112 Å². The van der Waals surface area contributed by atoms with Crippen molar-refractivity contribution in [3.05, 3.63) is 32.6 Å². The molecule has 2 N–H and O–H groups in total. The quantitative estimate of drug-likeness (QED) is 0.603. The predicted molar refractivity (Wildman–Crippen MR) is 79.5 cm³/mol. The molecular formula is C14H22N2O7. The SMILES string of the molecule is COCCO[C@H]1C(OC)[C@@H](CO)O[C@H]1n1cc(C)c(=O)[nH]c1=O. The van der Waals surface area contributed by atoms with Crippen molar-refractivity contribution in [3.8, 4) is 0 Å². The van der Waals surface area contributed by atoms with E-state index in [-0.39, 0.29) is 13.2 Å². The number of aliphatic hydroxyl groups excluding tert-OH is 1. The summed E-state index contributed by atoms with van der Waals surface area (Å²) in [4.78, 5) is 25.8. The molecule has 1 aliphatic rings. The highest BCUT2D eigenvalue weighted by atomic mass is 16.6. The minimum atomic E-state index is -0.822. The number of rotatable bonds is 7. The Bertz CT molecular complexity index is 626. The normalized spacial score (nSPS) is 27.5. The molecule has 2 rings (SSSR count). The van der Waals surface area contributed by atoms with E-state index in [1.807, 2.05) is 0 Å². The van der Waals surface area contributed by atoms with Gasteiger partial charge >= 0.3 is 5.69 Å². The summed E-state index contributed by atoms with van der Waals surface area (Å²) in [5, 5.41) is 9.46. The van der Waals surface area contributed by atoms with Crippen LogP contribution in [0.2, 0.25) is 0 Å². The fraction of sp³-hybridized carbons (Fsp3) is 0.714. The van der Waals surface area contributed by atoms with Gasteiger partial charge in [0.15, 0.2) is 6.23 Å². The van der Waals surface area contributed by atoms with Crippen LogP contribution in [0, 0.1) is 6.92 Å². The molecule has 2 heterocycles. The van der Waals surface area contributed by atoms with Gasteiger partial charge in [-0.2, -0.15) is 0 Å². The summed E-state index contributed by atoms with van der Waals surface area (Å²) < 4.78 is 23.0. The molecule has 23 heavy (non-hydrogen) atoms. The Labute approximate surface area is 132 Å². The zero-order valence-corrected chi connectivity index (χ0v) is 13.4. The lowest BCUT2D eigenvalue weighted by molar-refractivity contribution is -0.0846. The van der Waals surface area contributed by atoms with Crippen LogP contribution in [0.1, 0.15) is 11.8 Å². The Kier molecular flexibility index (Phi) is 6.08. The minimum absolute atomic E-state index is 0.274. The molecule has 130 valence electrons. The summed E-state index contributed by atoms with van der Waals surface area (Å²) in [5.41, 5.74) is -0.701. The van der Waals surface area contributed by atoms with Gasteiger partial charge in [-0.05, 0) is 6.92 Å². The van der Waals surface area contributed by atoms with Crippen LogP contribution in [-0.4, -0.2) is 67.0 Å². The Morgan fingerprint density at radius 3 is 2.65 bits per heavy atom. The summed E-state index contributed by atoms with van der Waals surface area (Å²) in [6.45, 7) is 1.94. The number of H-pyrrole nitrogens is 1. The van der Waals surface area contributed by atoms with Crippen molar-refractivity contribution in [1.82, 2.24) is 9.55 Å². The van der Waals surface area contributed by atoms with Crippen LogP contribution in [0.5, 0.6) is 0 Å². The molecular weight excluding hydrogens is 308 g/mol. The molecule has 0 amide bonds. The van der Waals surface area contributed by atoms with Gasteiger partial charge in [-0.25, -0.2) is 4.79 Å². The minimum Gasteiger partial charge on any atom is -0.394 e. The predicted octanol–water partition coefficient (Wildman–Crippen LogP) is -1.22. The van der Waals surface area contributed by atoms with Gasteiger partial charge in [0.05, 0.1) is 19.8 Å². The molecule has 0 radical (unpaired) electrons. The van der Waals surface area contributed by atoms with E-state index in [1.165, 1.54) is 17.9 Å². The lowest BCUT2D eigenvalue weighted by atomic mass is 10.1. The molecule has 4 atom stereocenters. The number of ether oxygens (including phenoxy) is 4. The summed E-state index contributed by atoms with van der Waals surface area (Å²) in [7, 11) is 3.03. The average Bonchev–Trinajstić information content (AvgIpc) is 2.88. The molecule has 0 bridgehead atoms. The Hall–Kier alpha value is -1.52. The molecule has 0 aliphatic carbocycles. The van der Waals surface area contributed by atoms with E-state index < -0.39 is 35.8 Å². The summed E-state index contributed by atoms with van der Waals surface area (Å²) in [6.07, 6.45) is -1.24. The smallest absolute Gasteiger partial charge is 0.330 e. The van der Waals surface area contributed by atoms with Gasteiger partial charge < -0.3 is 24.1 Å². The third-order valence-electron chi connectivity index (χ3n) is 3.76. The van der Waals surface area contributed by atoms with Gasteiger partial charge in [0.1, 0.15) is 18.3 Å². The second-order valence-electron chi connectivity index (χ2n) is 5.25. The number of nitrogens with zero attached hydrogens (tertiary/aromatic N) is 1. The zero-order chi connectivity index (χ0) is 17.0. The Balaban J connectivity index is 2.35. The zero-order valence-electron chi connectivity index (χ0n) is 13.4. The van der Waals surface area contributed by atoms with Crippen LogP contribution in [0.25, 0.3) is 0 Å². The van der Waals surface area contributed by atoms with Crippen LogP contribution in [0.4, 0.5) is 0 Å². The number of aromatic nitrogens is 2. The van der Waals surface area contributed by atoms with Crippen molar-refractivity contribution in [2.75, 3.05) is 34.0 Å². The largest absolute Gasteiger partial charge is 0.394 e. The van der Waals surface area contributed by atoms with Gasteiger partial charge in [0, 0.05) is 26.0 Å². The third kappa shape index (κ3) is 3.70. The van der Waals surface area contributed by atoms with Crippen molar-refractivity contribution < 1.29 is 24.1 Å². The van der Waals surface area contributed by atoms with E-state index in [0.29, 0.717) is 12.2 Å². The van der Waals surface area contributed by atoms with E-state index in [2.05, 4.69) is 4.98 Å². The molecule has 1 fully saturated rings. The van der Waals surface area contributed by atoms with Crippen molar-refractivity contribution in [2.24, 2.45) is 0 Å². The summed E-state index contributed by atoms with van der Waals surface area (Å²) >= 11 is 0. The highest BCUT2D eigenvalue weighted by Crippen LogP contribution is 2.32. The number of methoxy groups -OCH3 is 2. The maximum atomic E-state index is 12.1. The van der Waals surface area contributed by atoms with Crippen molar-refractivity contribution in [3.63, 3.8) is 0 Å². The molecule has 0 saturated carbocycles. The lowest BCUT2D eigenvalue weighted by Crippen LogP contribution is -2.41. The monoisotopic (exact) mass is 330 g/mol. The van der Waals surface area contributed by atoms with Crippen LogP contribution in [0.15, 0.2) is 15.8 Å². The van der Waals surface area contributed by atoms with Gasteiger partial charge in [-0.15, -0.1) is 0 Å². The first kappa shape index (κ1) is 17.8. The van der Waals surface area contributed by atoms with Crippen molar-refractivity contribution >= 4 is 0 Å². The van der Waals surface area contributed by atoms with Gasteiger partial charge in [-0.3, -0.25) is 14.3 Å². The molecule has 1 saturated heterocycles. The van der Waals surface area contributed by atoms with Gasteiger partial charge in [-0.1, -0.05) is 0 Å². The van der Waals surface area contributed by atoms with Gasteiger partial charge in [0.2, 0.25) is 0 Å². The number of hydrogen-bond donors (Lipinski definition) is 2. The van der Waals surface area contributed by atoms with E-state index >= 15 is 0 Å². The standard InChI is InChI=1S/C14H22N2O7/c1-8-6-16(14(19)15-12(8)18)13-11(22-5-4-20-2)10(21-3)9(7-17)23-13/h6,9-11,13,17H,4-5,7H2,1-3H3,(H,15,18,19)/t9-,10?,11+,13-/m1/s1. The number of aliphatic hydroxyl groups is 1. The third-order valence-corrected chi connectivity index (χ3v) is 3.76. The molecule has 9 heteroatoms. The second-order valence-corrected chi connectivity index (χ2v) is 5.25. The van der Waals surface area contributed by atoms with E-state index in [0.717, 1.165) is 0 Å². The first-order valence-electron chi connectivity index (χ1n) is 7.25. The molecule has 9 nitrogen and oxygen atoms in total. The lowest BCUT2D eigenvalue weighted by Gasteiger charge is -2.24. The summed E-state index contributed by atoms with van der Waals surface area (Å²) in [5.74, 6) is 0. The fourth-order valence-electron chi connectivity index (χ4n) is 2.58. The highest BCUT2D eigenvalue weighted by Gasteiger charge is 2.46.